The van der Waals surface area contributed by atoms with E-state index in [2.05, 4.69) is 5.32 Å². The molecule has 0 unspecified atom stereocenters. The quantitative estimate of drug-likeness (QED) is 0.533. The number of nitrogens with one attached hydrogen (secondary N) is 1. The molecule has 182 valence electrons. The average Bonchev–Trinajstić information content (AvgIpc) is 2.80. The lowest BCUT2D eigenvalue weighted by atomic mass is 9.69. The van der Waals surface area contributed by atoms with Gasteiger partial charge in [0.1, 0.15) is 0 Å². The molecule has 1 saturated carbocycles. The Morgan fingerprint density at radius 1 is 0.912 bits per heavy atom. The number of amides is 3. The molecule has 2 aromatic carbocycles. The first-order chi connectivity index (χ1) is 16.3. The van der Waals surface area contributed by atoms with Gasteiger partial charge in [-0.2, -0.15) is 0 Å². The smallest absolute Gasteiger partial charge is 0.328 e. The maximum absolute atomic E-state index is 13.5. The lowest BCUT2D eigenvalue weighted by Crippen LogP contribution is -2.44. The summed E-state index contributed by atoms with van der Waals surface area (Å²) in [6.45, 7) is 0.230. The first-order valence-corrected chi connectivity index (χ1v) is 11.9. The van der Waals surface area contributed by atoms with Crippen LogP contribution in [0.4, 0.5) is 16.2 Å². The average molecular weight is 466 g/mol. The summed E-state index contributed by atoms with van der Waals surface area (Å²) in [5, 5.41) is 12.3. The summed E-state index contributed by atoms with van der Waals surface area (Å²) >= 11 is 0. The molecule has 0 bridgehead atoms. The Morgan fingerprint density at radius 3 is 2.15 bits per heavy atom. The number of nitrogens with zero attached hydrogens (tertiary/aromatic N) is 2. The van der Waals surface area contributed by atoms with Crippen LogP contribution in [0.5, 0.6) is 0 Å². The number of carboxylic acids is 1. The van der Waals surface area contributed by atoms with Crippen molar-refractivity contribution in [1.29, 1.82) is 0 Å². The van der Waals surface area contributed by atoms with Gasteiger partial charge in [-0.15, -0.1) is 0 Å². The minimum absolute atomic E-state index is 0.0428. The molecule has 1 aliphatic carbocycles. The van der Waals surface area contributed by atoms with Gasteiger partial charge in [-0.1, -0.05) is 49.6 Å². The number of rotatable bonds is 9. The van der Waals surface area contributed by atoms with E-state index in [9.17, 15) is 19.5 Å². The van der Waals surface area contributed by atoms with E-state index in [4.69, 9.17) is 0 Å². The van der Waals surface area contributed by atoms with Crippen LogP contribution < -0.4 is 10.2 Å². The topological polar surface area (TPSA) is 90.0 Å². The highest BCUT2D eigenvalue weighted by atomic mass is 16.4. The minimum Gasteiger partial charge on any atom is -0.481 e. The van der Waals surface area contributed by atoms with Crippen molar-refractivity contribution in [2.75, 3.05) is 30.9 Å². The Balaban J connectivity index is 1.77. The van der Waals surface area contributed by atoms with Gasteiger partial charge in [-0.25, -0.2) is 4.79 Å². The number of carbonyl (C=O) groups is 3. The zero-order valence-corrected chi connectivity index (χ0v) is 20.1. The predicted molar refractivity (Wildman–Crippen MR) is 134 cm³/mol. The summed E-state index contributed by atoms with van der Waals surface area (Å²) < 4.78 is 0. The van der Waals surface area contributed by atoms with Crippen molar-refractivity contribution >= 4 is 29.3 Å². The highest BCUT2D eigenvalue weighted by Gasteiger charge is 2.38. The third-order valence-corrected chi connectivity index (χ3v) is 6.61. The lowest BCUT2D eigenvalue weighted by Gasteiger charge is -2.37. The van der Waals surface area contributed by atoms with E-state index in [0.717, 1.165) is 30.5 Å². The fraction of sp³-hybridized carbons (Fsp3) is 0.444. The molecule has 34 heavy (non-hydrogen) atoms. The maximum atomic E-state index is 13.5. The third-order valence-electron chi connectivity index (χ3n) is 6.61. The Hall–Kier alpha value is -3.35. The summed E-state index contributed by atoms with van der Waals surface area (Å²) in [7, 11) is 3.88. The van der Waals surface area contributed by atoms with E-state index in [1.807, 2.05) is 61.5 Å². The lowest BCUT2D eigenvalue weighted by molar-refractivity contribution is -0.142. The fourth-order valence-corrected chi connectivity index (χ4v) is 4.71. The third kappa shape index (κ3) is 7.07. The van der Waals surface area contributed by atoms with E-state index < -0.39 is 17.4 Å². The Labute approximate surface area is 201 Å². The number of hydrogen-bond donors (Lipinski definition) is 2. The van der Waals surface area contributed by atoms with Gasteiger partial charge in [0.05, 0.1) is 6.42 Å². The van der Waals surface area contributed by atoms with Crippen molar-refractivity contribution in [3.63, 3.8) is 0 Å². The summed E-state index contributed by atoms with van der Waals surface area (Å²) in [5.41, 5.74) is 2.05. The Bertz CT molecular complexity index is 967. The molecular formula is C27H35N3O4. The number of carbonyl (C=O) groups excluding carboxylic acids is 2. The highest BCUT2D eigenvalue weighted by Crippen LogP contribution is 2.42. The normalized spacial score (nSPS) is 14.8. The van der Waals surface area contributed by atoms with Crippen molar-refractivity contribution in [2.24, 2.45) is 5.41 Å². The van der Waals surface area contributed by atoms with Crippen LogP contribution in [-0.4, -0.2) is 48.6 Å². The molecule has 1 fully saturated rings. The largest absolute Gasteiger partial charge is 0.481 e. The second-order valence-electron chi connectivity index (χ2n) is 9.46. The number of hydrogen-bond acceptors (Lipinski definition) is 4. The molecule has 7 nitrogen and oxygen atoms in total. The van der Waals surface area contributed by atoms with Crippen LogP contribution in [0, 0.1) is 5.41 Å². The van der Waals surface area contributed by atoms with Gasteiger partial charge in [-0.05, 0) is 54.5 Å². The fourth-order valence-electron chi connectivity index (χ4n) is 4.71. The summed E-state index contributed by atoms with van der Waals surface area (Å²) in [4.78, 5) is 41.5. The van der Waals surface area contributed by atoms with Crippen molar-refractivity contribution < 1.29 is 19.5 Å². The van der Waals surface area contributed by atoms with Gasteiger partial charge in [0.25, 0.3) is 0 Å². The molecule has 0 aliphatic heterocycles. The molecule has 0 atom stereocenters. The molecule has 0 saturated heterocycles. The number of urea groups is 1. The maximum Gasteiger partial charge on any atom is 0.328 e. The van der Waals surface area contributed by atoms with E-state index in [-0.39, 0.29) is 25.3 Å². The zero-order valence-electron chi connectivity index (χ0n) is 20.1. The first-order valence-electron chi connectivity index (χ1n) is 11.9. The standard InChI is InChI=1S/C27H35N3O4/c1-29(2)23-13-11-22(12-14-23)28-26(34)30(18-15-21-9-5-3-6-10-21)24(31)19-27(20-25(32)33)16-7-4-8-17-27/h3,5-6,9-14H,4,7-8,15-20H2,1-2H3,(H,28,34)(H,32,33). The molecule has 1 aliphatic rings. The monoisotopic (exact) mass is 465 g/mol. The van der Waals surface area contributed by atoms with Gasteiger partial charge < -0.3 is 15.3 Å². The van der Waals surface area contributed by atoms with Crippen LogP contribution in [-0.2, 0) is 16.0 Å². The number of imide groups is 1. The van der Waals surface area contributed by atoms with Crippen molar-refractivity contribution in [1.82, 2.24) is 4.90 Å². The SMILES string of the molecule is CN(C)c1ccc(NC(=O)N(CCc2ccccc2)C(=O)CC2(CC(=O)O)CCCCC2)cc1. The molecule has 0 radical (unpaired) electrons. The highest BCUT2D eigenvalue weighted by molar-refractivity contribution is 6.01. The van der Waals surface area contributed by atoms with E-state index in [0.29, 0.717) is 24.9 Å². The van der Waals surface area contributed by atoms with Crippen molar-refractivity contribution in [2.45, 2.75) is 51.4 Å². The molecule has 0 heterocycles. The second-order valence-corrected chi connectivity index (χ2v) is 9.46. The first kappa shape index (κ1) is 25.3. The summed E-state index contributed by atoms with van der Waals surface area (Å²) in [6, 6.07) is 16.6. The number of carboxylic acid groups (broad SMARTS) is 1. The van der Waals surface area contributed by atoms with Gasteiger partial charge in [-0.3, -0.25) is 14.5 Å². The molecular weight excluding hydrogens is 430 g/mol. The van der Waals surface area contributed by atoms with Gasteiger partial charge in [0.15, 0.2) is 0 Å². The van der Waals surface area contributed by atoms with Crippen LogP contribution in [0.1, 0.15) is 50.5 Å². The summed E-state index contributed by atoms with van der Waals surface area (Å²) in [6.07, 6.45) is 4.84. The number of aliphatic carboxylic acids is 1. The number of benzene rings is 2. The van der Waals surface area contributed by atoms with Gasteiger partial charge in [0, 0.05) is 38.4 Å². The molecule has 3 amide bonds. The van der Waals surface area contributed by atoms with Crippen molar-refractivity contribution in [3.05, 3.63) is 60.2 Å². The van der Waals surface area contributed by atoms with Crippen LogP contribution in [0.25, 0.3) is 0 Å². The van der Waals surface area contributed by atoms with Gasteiger partial charge in [0.2, 0.25) is 5.91 Å². The molecule has 7 heteroatoms. The number of anilines is 2. The second kappa shape index (κ2) is 11.7. The van der Waals surface area contributed by atoms with Crippen LogP contribution >= 0.6 is 0 Å². The van der Waals surface area contributed by atoms with E-state index in [1.54, 1.807) is 12.1 Å². The van der Waals surface area contributed by atoms with Crippen LogP contribution in [0.3, 0.4) is 0 Å². The van der Waals surface area contributed by atoms with Gasteiger partial charge >= 0.3 is 12.0 Å². The van der Waals surface area contributed by atoms with E-state index >= 15 is 0 Å². The molecule has 2 N–H and O–H groups in total. The Morgan fingerprint density at radius 2 is 1.56 bits per heavy atom. The Kier molecular flexibility index (Phi) is 8.68. The molecule has 0 aromatic heterocycles. The molecule has 3 rings (SSSR count). The molecule has 0 spiro atoms. The minimum atomic E-state index is -0.893. The van der Waals surface area contributed by atoms with Crippen molar-refractivity contribution in [3.8, 4) is 0 Å². The van der Waals surface area contributed by atoms with E-state index in [1.165, 1.54) is 4.90 Å². The summed E-state index contributed by atoms with van der Waals surface area (Å²) in [5.74, 6) is -1.21. The predicted octanol–water partition coefficient (Wildman–Crippen LogP) is 5.17. The van der Waals surface area contributed by atoms with Crippen LogP contribution in [0.2, 0.25) is 0 Å². The van der Waals surface area contributed by atoms with Crippen LogP contribution in [0.15, 0.2) is 54.6 Å². The zero-order chi connectivity index (χ0) is 24.6. The molecule has 2 aromatic rings.